The largest absolute Gasteiger partial charge is 0.497 e. The molecule has 1 aromatic heterocycles. The van der Waals surface area contributed by atoms with Gasteiger partial charge in [0.15, 0.2) is 0 Å². The van der Waals surface area contributed by atoms with Crippen molar-refractivity contribution in [1.82, 2.24) is 9.88 Å². The van der Waals surface area contributed by atoms with Gasteiger partial charge in [-0.2, -0.15) is 13.2 Å². The van der Waals surface area contributed by atoms with Crippen LogP contribution >= 0.6 is 0 Å². The van der Waals surface area contributed by atoms with Crippen molar-refractivity contribution in [2.75, 3.05) is 38.2 Å². The summed E-state index contributed by atoms with van der Waals surface area (Å²) in [6, 6.07) is 6.85. The van der Waals surface area contributed by atoms with E-state index in [9.17, 15) is 27.9 Å². The number of rotatable bonds is 7. The van der Waals surface area contributed by atoms with Gasteiger partial charge in [0.2, 0.25) is 0 Å². The van der Waals surface area contributed by atoms with E-state index in [0.29, 0.717) is 24.7 Å². The molecule has 4 rings (SSSR count). The molecule has 2 aliphatic heterocycles. The van der Waals surface area contributed by atoms with Gasteiger partial charge in [0.05, 0.1) is 19.0 Å². The van der Waals surface area contributed by atoms with E-state index in [2.05, 4.69) is 9.88 Å². The van der Waals surface area contributed by atoms with Gasteiger partial charge < -0.3 is 25.4 Å². The third-order valence-electron chi connectivity index (χ3n) is 8.05. The smallest absolute Gasteiger partial charge is 0.430 e. The first-order chi connectivity index (χ1) is 18.4. The molecule has 1 aromatic carbocycles. The number of aromatic nitrogens is 1. The molecule has 0 radical (unpaired) electrons. The van der Waals surface area contributed by atoms with Crippen LogP contribution in [0.15, 0.2) is 36.5 Å². The van der Waals surface area contributed by atoms with E-state index in [1.54, 1.807) is 6.20 Å². The van der Waals surface area contributed by atoms with E-state index in [-0.39, 0.29) is 24.5 Å². The van der Waals surface area contributed by atoms with Crippen molar-refractivity contribution in [2.24, 2.45) is 17.6 Å². The summed E-state index contributed by atoms with van der Waals surface area (Å²) in [7, 11) is 1.31. The molecule has 1 unspecified atom stereocenters. The Morgan fingerprint density at radius 3 is 2.23 bits per heavy atom. The number of ether oxygens (including phenoxy) is 1. The maximum Gasteiger partial charge on any atom is 0.430 e. The molecule has 0 aliphatic carbocycles. The van der Waals surface area contributed by atoms with Crippen LogP contribution in [0, 0.1) is 18.8 Å². The van der Waals surface area contributed by atoms with Crippen LogP contribution in [0.1, 0.15) is 53.7 Å². The van der Waals surface area contributed by atoms with Crippen LogP contribution in [0.3, 0.4) is 0 Å². The van der Waals surface area contributed by atoms with Gasteiger partial charge in [0, 0.05) is 31.7 Å². The van der Waals surface area contributed by atoms with E-state index >= 15 is 0 Å². The molecule has 0 bridgehead atoms. The predicted octanol–water partition coefficient (Wildman–Crippen LogP) is 3.79. The Balaban J connectivity index is 1.32. The van der Waals surface area contributed by atoms with Crippen LogP contribution in [0.25, 0.3) is 0 Å². The number of methoxy groups -OCH3 is 1. The summed E-state index contributed by atoms with van der Waals surface area (Å²) in [6.45, 7) is 3.84. The summed E-state index contributed by atoms with van der Waals surface area (Å²) in [5.74, 6) is -0.978. The molecule has 2 amide bonds. The van der Waals surface area contributed by atoms with Gasteiger partial charge >= 0.3 is 6.18 Å². The highest BCUT2D eigenvalue weighted by atomic mass is 19.4. The van der Waals surface area contributed by atoms with Crippen molar-refractivity contribution in [2.45, 2.75) is 50.8 Å². The number of likely N-dealkylation sites (tertiary alicyclic amines) is 1. The minimum atomic E-state index is -5.19. The molecular formula is C28H35F3N4O4. The van der Waals surface area contributed by atoms with Gasteiger partial charge in [0.1, 0.15) is 11.4 Å². The monoisotopic (exact) mass is 548 g/mol. The number of primary amides is 1. The first-order valence-electron chi connectivity index (χ1n) is 13.2. The van der Waals surface area contributed by atoms with Crippen LogP contribution in [0.2, 0.25) is 0 Å². The van der Waals surface area contributed by atoms with E-state index in [4.69, 9.17) is 10.5 Å². The van der Waals surface area contributed by atoms with Crippen LogP contribution in [-0.4, -0.2) is 66.3 Å². The molecule has 2 aliphatic rings. The summed E-state index contributed by atoms with van der Waals surface area (Å²) >= 11 is 0. The fourth-order valence-corrected chi connectivity index (χ4v) is 5.75. The number of hydrogen-bond donors (Lipinski definition) is 2. The Bertz CT molecular complexity index is 1190. The Kier molecular flexibility index (Phi) is 8.39. The molecule has 3 N–H and O–H groups in total. The van der Waals surface area contributed by atoms with Crippen molar-refractivity contribution >= 4 is 17.5 Å². The van der Waals surface area contributed by atoms with E-state index in [0.717, 1.165) is 60.6 Å². The molecule has 8 nitrogen and oxygen atoms in total. The number of pyridine rings is 1. The van der Waals surface area contributed by atoms with Crippen molar-refractivity contribution in [1.29, 1.82) is 0 Å². The quantitative estimate of drug-likeness (QED) is 0.545. The van der Waals surface area contributed by atoms with Crippen LogP contribution in [0.4, 0.5) is 18.9 Å². The molecule has 1 atom stereocenters. The molecule has 0 saturated carbocycles. The number of piperidine rings is 2. The molecule has 11 heteroatoms. The third-order valence-corrected chi connectivity index (χ3v) is 8.05. The number of anilines is 1. The molecule has 212 valence electrons. The number of aryl methyl sites for hydroxylation is 1. The first-order valence-corrected chi connectivity index (χ1v) is 13.2. The van der Waals surface area contributed by atoms with Crippen molar-refractivity contribution in [3.8, 4) is 5.75 Å². The van der Waals surface area contributed by atoms with E-state index in [1.807, 2.05) is 13.0 Å². The molecule has 2 fully saturated rings. The number of carbonyl (C=O) groups excluding carboxylic acids is 2. The number of halogens is 3. The maximum absolute atomic E-state index is 14.1. The number of nitrogens with two attached hydrogens (primary N) is 1. The van der Waals surface area contributed by atoms with Crippen molar-refractivity contribution in [3.63, 3.8) is 0 Å². The first kappa shape index (κ1) is 28.7. The van der Waals surface area contributed by atoms with Gasteiger partial charge in [-0.05, 0) is 74.6 Å². The standard InChI is InChI=1S/C28H35F3N4O4/c1-18-14-22(17-33-24(18)25(32)36)34-10-6-19(7-11-34)15-20-8-12-35(13-9-20)26(37)27(38,28(29,30)31)21-4-3-5-23(16-21)39-2/h3-5,14,16-17,19-20,38H,6-13,15H2,1-2H3,(H2,32,36). The van der Waals surface area contributed by atoms with Crippen molar-refractivity contribution in [3.05, 3.63) is 53.3 Å². The highest BCUT2D eigenvalue weighted by Crippen LogP contribution is 2.42. The number of alkyl halides is 3. The van der Waals surface area contributed by atoms with Crippen molar-refractivity contribution < 1.29 is 32.6 Å². The fourth-order valence-electron chi connectivity index (χ4n) is 5.75. The zero-order valence-corrected chi connectivity index (χ0v) is 22.2. The molecule has 2 saturated heterocycles. The number of nitrogens with zero attached hydrogens (tertiary/aromatic N) is 3. The zero-order valence-electron chi connectivity index (χ0n) is 22.2. The average Bonchev–Trinajstić information content (AvgIpc) is 2.92. The Hall–Kier alpha value is -3.34. The van der Waals surface area contributed by atoms with Gasteiger partial charge in [-0.3, -0.25) is 9.59 Å². The van der Waals surface area contributed by atoms with Crippen LogP contribution < -0.4 is 15.4 Å². The van der Waals surface area contributed by atoms with Gasteiger partial charge in [0.25, 0.3) is 17.4 Å². The Morgan fingerprint density at radius 2 is 1.69 bits per heavy atom. The second-order valence-corrected chi connectivity index (χ2v) is 10.6. The summed E-state index contributed by atoms with van der Waals surface area (Å²) in [5.41, 5.74) is 3.13. The van der Waals surface area contributed by atoms with E-state index in [1.165, 1.54) is 19.2 Å². The number of benzene rings is 1. The number of aliphatic hydroxyl groups is 1. The maximum atomic E-state index is 14.1. The average molecular weight is 549 g/mol. The summed E-state index contributed by atoms with van der Waals surface area (Å²) in [5, 5.41) is 10.8. The van der Waals surface area contributed by atoms with Gasteiger partial charge in [-0.15, -0.1) is 0 Å². The lowest BCUT2D eigenvalue weighted by Gasteiger charge is -2.40. The number of amides is 2. The zero-order chi connectivity index (χ0) is 28.4. The lowest BCUT2D eigenvalue weighted by Crippen LogP contribution is -2.57. The topological polar surface area (TPSA) is 109 Å². The summed E-state index contributed by atoms with van der Waals surface area (Å²) in [6.07, 6.45) is 0.570. The highest BCUT2D eigenvalue weighted by Gasteiger charge is 2.62. The lowest BCUT2D eigenvalue weighted by molar-refractivity contribution is -0.262. The molecular weight excluding hydrogens is 513 g/mol. The highest BCUT2D eigenvalue weighted by molar-refractivity contribution is 5.92. The molecule has 3 heterocycles. The number of hydrogen-bond acceptors (Lipinski definition) is 6. The Labute approximate surface area is 225 Å². The molecule has 0 spiro atoms. The lowest BCUT2D eigenvalue weighted by atomic mass is 9.82. The molecule has 39 heavy (non-hydrogen) atoms. The van der Waals surface area contributed by atoms with Gasteiger partial charge in [-0.25, -0.2) is 4.98 Å². The van der Waals surface area contributed by atoms with E-state index < -0.39 is 29.2 Å². The SMILES string of the molecule is COc1cccc(C(O)(C(=O)N2CCC(CC3CCN(c4cnc(C(N)=O)c(C)c4)CC3)CC2)C(F)(F)F)c1. The minimum absolute atomic E-state index is 0.127. The van der Waals surface area contributed by atoms with Gasteiger partial charge in [-0.1, -0.05) is 12.1 Å². The normalized spacial score (nSPS) is 19.0. The fraction of sp³-hybridized carbons (Fsp3) is 0.536. The Morgan fingerprint density at radius 1 is 1.08 bits per heavy atom. The van der Waals surface area contributed by atoms with Crippen LogP contribution in [0.5, 0.6) is 5.75 Å². The second kappa shape index (κ2) is 11.4. The predicted molar refractivity (Wildman–Crippen MR) is 139 cm³/mol. The second-order valence-electron chi connectivity index (χ2n) is 10.6. The third kappa shape index (κ3) is 5.98. The number of carbonyl (C=O) groups is 2. The summed E-state index contributed by atoms with van der Waals surface area (Å²) < 4.78 is 47.2. The van der Waals surface area contributed by atoms with Crippen LogP contribution in [-0.2, 0) is 10.4 Å². The minimum Gasteiger partial charge on any atom is -0.497 e. The summed E-state index contributed by atoms with van der Waals surface area (Å²) in [4.78, 5) is 32.1. The molecule has 2 aromatic rings.